The van der Waals surface area contributed by atoms with E-state index in [1.807, 2.05) is 0 Å². The molecular formula is B3Cu3F3O6. The van der Waals surface area contributed by atoms with Gasteiger partial charge in [0.2, 0.25) is 0 Å². The van der Waals surface area contributed by atoms with Crippen molar-refractivity contribution >= 4 is 22.2 Å². The SMILES string of the molecule is [Cu+2].[Cu+2].[Cu+2].[O-]B([O-])F.[O-]B([O-])F.[O-]B([O-])F. The smallest absolute Gasteiger partial charge is 0.867 e. The van der Waals surface area contributed by atoms with E-state index < -0.39 is 22.2 Å². The molecule has 6 nitrogen and oxygen atoms in total. The third kappa shape index (κ3) is 1590. The van der Waals surface area contributed by atoms with E-state index in [0.717, 1.165) is 0 Å². The molecule has 0 bridgehead atoms. The molecule has 15 heteroatoms. The summed E-state index contributed by atoms with van der Waals surface area (Å²) >= 11 is 0. The standard InChI is InChI=1S/3BFO2.3Cu/c3*2-1(3)4;;;/q3*-2;3*+2. The summed E-state index contributed by atoms with van der Waals surface area (Å²) in [7, 11) is -9.50. The van der Waals surface area contributed by atoms with Gasteiger partial charge in [0.25, 0.3) is 0 Å². The van der Waals surface area contributed by atoms with Crippen LogP contribution in [0.15, 0.2) is 0 Å². The molecule has 0 aromatic heterocycles. The first kappa shape index (κ1) is 36.0. The third-order valence-corrected chi connectivity index (χ3v) is 0. The molecule has 0 atom stereocenters. The van der Waals surface area contributed by atoms with Crippen LogP contribution in [-0.4, -0.2) is 22.2 Å². The van der Waals surface area contributed by atoms with Gasteiger partial charge in [0.05, 0.1) is 0 Å². The summed E-state index contributed by atoms with van der Waals surface area (Å²) in [6, 6.07) is 0. The topological polar surface area (TPSA) is 138 Å². The summed E-state index contributed by atoms with van der Waals surface area (Å²) in [5, 5.41) is 49.8. The van der Waals surface area contributed by atoms with Crippen LogP contribution < -0.4 is 30.1 Å². The monoisotopic (exact) mass is 375 g/mol. The number of rotatable bonds is 0. The maximum atomic E-state index is 9.89. The average molecular weight is 376 g/mol. The van der Waals surface area contributed by atoms with Crippen molar-refractivity contribution < 1.29 is 94.3 Å². The van der Waals surface area contributed by atoms with Crippen molar-refractivity contribution in [2.45, 2.75) is 0 Å². The zero-order valence-corrected chi connectivity index (χ0v) is 9.04. The molecule has 0 aromatic rings. The first-order valence-corrected chi connectivity index (χ1v) is 2.07. The molecule has 15 heavy (non-hydrogen) atoms. The van der Waals surface area contributed by atoms with E-state index >= 15 is 0 Å². The Bertz CT molecular complexity index is 57.4. The van der Waals surface area contributed by atoms with Crippen molar-refractivity contribution in [1.29, 1.82) is 0 Å². The molecule has 0 spiro atoms. The van der Waals surface area contributed by atoms with Crippen LogP contribution in [0, 0.1) is 0 Å². The van der Waals surface area contributed by atoms with Crippen molar-refractivity contribution in [2.24, 2.45) is 0 Å². The molecule has 0 rings (SSSR count). The molecule has 0 unspecified atom stereocenters. The van der Waals surface area contributed by atoms with Crippen molar-refractivity contribution in [2.75, 3.05) is 0 Å². The Balaban J connectivity index is -0.0000000184. The Labute approximate surface area is 116 Å². The van der Waals surface area contributed by atoms with Crippen LogP contribution in [0.1, 0.15) is 0 Å². The molecular weight excluding hydrogens is 376 g/mol. The Kier molecular flexibility index (Phi) is 70.7. The van der Waals surface area contributed by atoms with Crippen LogP contribution in [0.2, 0.25) is 0 Å². The summed E-state index contributed by atoms with van der Waals surface area (Å²) in [5.74, 6) is 0. The molecule has 0 fully saturated rings. The quantitative estimate of drug-likeness (QED) is 0.385. The maximum Gasteiger partial charge on any atom is 2.00 e. The Morgan fingerprint density at radius 1 is 0.467 bits per heavy atom. The molecule has 0 N–H and O–H groups in total. The number of halogens is 3. The molecule has 0 aliphatic rings. The van der Waals surface area contributed by atoms with Crippen LogP contribution in [-0.2, 0) is 51.2 Å². The van der Waals surface area contributed by atoms with Gasteiger partial charge >= 0.3 is 51.2 Å². The zero-order valence-electron chi connectivity index (χ0n) is 6.22. The van der Waals surface area contributed by atoms with Gasteiger partial charge in [-0.2, -0.15) is 0 Å². The number of hydrogen-bond acceptors (Lipinski definition) is 6. The van der Waals surface area contributed by atoms with Gasteiger partial charge in [-0.3, -0.25) is 0 Å². The summed E-state index contributed by atoms with van der Waals surface area (Å²) < 4.78 is 29.7. The minimum absolute atomic E-state index is 0. The van der Waals surface area contributed by atoms with Crippen LogP contribution in [0.4, 0.5) is 12.9 Å². The molecule has 0 aliphatic heterocycles. The summed E-state index contributed by atoms with van der Waals surface area (Å²) in [4.78, 5) is 0. The Hall–Kier alpha value is 1.30. The van der Waals surface area contributed by atoms with E-state index in [9.17, 15) is 12.9 Å². The first-order valence-electron chi connectivity index (χ1n) is 2.07. The zero-order chi connectivity index (χ0) is 10.7. The fourth-order valence-corrected chi connectivity index (χ4v) is 0. The molecule has 0 aliphatic carbocycles. The predicted octanol–water partition coefficient (Wildman–Crippen LogP) is -7.02. The van der Waals surface area contributed by atoms with Gasteiger partial charge in [-0.15, -0.1) is 0 Å². The molecule has 0 heterocycles. The van der Waals surface area contributed by atoms with Gasteiger partial charge in [-0.05, 0) is 0 Å². The second kappa shape index (κ2) is 29.5. The van der Waals surface area contributed by atoms with Gasteiger partial charge in [-0.1, -0.05) is 0 Å². The minimum Gasteiger partial charge on any atom is -0.867 e. The minimum atomic E-state index is -3.17. The molecule has 0 saturated carbocycles. The second-order valence-electron chi connectivity index (χ2n) is 0.823. The van der Waals surface area contributed by atoms with Gasteiger partial charge in [-0.25, -0.2) is 0 Å². The number of hydrogen-bond donors (Lipinski definition) is 0. The molecule has 0 aromatic carbocycles. The average Bonchev–Trinajstić information content (AvgIpc) is 1.54. The molecule has 99 valence electrons. The maximum absolute atomic E-state index is 9.89. The molecule has 0 saturated heterocycles. The van der Waals surface area contributed by atoms with E-state index in [1.165, 1.54) is 0 Å². The van der Waals surface area contributed by atoms with E-state index in [0.29, 0.717) is 0 Å². The van der Waals surface area contributed by atoms with Crippen molar-refractivity contribution in [3.05, 3.63) is 0 Å². The third-order valence-electron chi connectivity index (χ3n) is 0. The Morgan fingerprint density at radius 2 is 0.467 bits per heavy atom. The summed E-state index contributed by atoms with van der Waals surface area (Å²) in [5.41, 5.74) is 0. The second-order valence-corrected chi connectivity index (χ2v) is 0.823. The normalized spacial score (nSPS) is 5.40. The molecule has 3 radical (unpaired) electrons. The van der Waals surface area contributed by atoms with E-state index in [-0.39, 0.29) is 51.2 Å². The molecule has 0 amide bonds. The van der Waals surface area contributed by atoms with Gasteiger partial charge in [0.1, 0.15) is 22.2 Å². The van der Waals surface area contributed by atoms with Crippen LogP contribution in [0.25, 0.3) is 0 Å². The van der Waals surface area contributed by atoms with Crippen molar-refractivity contribution in [3.8, 4) is 0 Å². The van der Waals surface area contributed by atoms with E-state index in [2.05, 4.69) is 0 Å². The van der Waals surface area contributed by atoms with Crippen LogP contribution in [0.3, 0.4) is 0 Å². The summed E-state index contributed by atoms with van der Waals surface area (Å²) in [6.45, 7) is 0. The van der Waals surface area contributed by atoms with Crippen LogP contribution in [0.5, 0.6) is 0 Å². The fraction of sp³-hybridized carbons (Fsp3) is 0. The van der Waals surface area contributed by atoms with E-state index in [1.54, 1.807) is 0 Å². The Morgan fingerprint density at radius 3 is 0.467 bits per heavy atom. The van der Waals surface area contributed by atoms with Crippen molar-refractivity contribution in [1.82, 2.24) is 0 Å². The van der Waals surface area contributed by atoms with Gasteiger partial charge in [0, 0.05) is 0 Å². The van der Waals surface area contributed by atoms with Crippen LogP contribution >= 0.6 is 0 Å². The van der Waals surface area contributed by atoms with E-state index in [4.69, 9.17) is 30.1 Å². The van der Waals surface area contributed by atoms with Crippen molar-refractivity contribution in [3.63, 3.8) is 0 Å². The fourth-order valence-electron chi connectivity index (χ4n) is 0. The largest absolute Gasteiger partial charge is 2.00 e. The van der Waals surface area contributed by atoms with Gasteiger partial charge < -0.3 is 43.1 Å². The van der Waals surface area contributed by atoms with Gasteiger partial charge in [0.15, 0.2) is 0 Å². The summed E-state index contributed by atoms with van der Waals surface area (Å²) in [6.07, 6.45) is 0. The predicted molar refractivity (Wildman–Crippen MR) is 20.6 cm³/mol. The first-order chi connectivity index (χ1) is 5.20.